The Morgan fingerprint density at radius 2 is 2.05 bits per heavy atom. The second-order valence-corrected chi connectivity index (χ2v) is 6.12. The first-order valence-electron chi connectivity index (χ1n) is 7.34. The minimum absolute atomic E-state index is 0.0685. The van der Waals surface area contributed by atoms with Gasteiger partial charge in [-0.2, -0.15) is 0 Å². The minimum atomic E-state index is -0.722. The number of anilines is 1. The van der Waals surface area contributed by atoms with Gasteiger partial charge in [0.1, 0.15) is 11.4 Å². The van der Waals surface area contributed by atoms with Crippen LogP contribution in [0.4, 0.5) is 5.69 Å². The van der Waals surface area contributed by atoms with Gasteiger partial charge in [-0.25, -0.2) is 0 Å². The van der Waals surface area contributed by atoms with Crippen molar-refractivity contribution in [1.82, 2.24) is 0 Å². The molecule has 1 unspecified atom stereocenters. The SMILES string of the molecule is CCOC(C)(C(=O)Nc1ccc(OCCBr)cc1)C1CC1. The van der Waals surface area contributed by atoms with Crippen molar-refractivity contribution in [2.24, 2.45) is 5.92 Å². The molecule has 1 aromatic carbocycles. The second-order valence-electron chi connectivity index (χ2n) is 5.33. The van der Waals surface area contributed by atoms with Gasteiger partial charge < -0.3 is 14.8 Å². The summed E-state index contributed by atoms with van der Waals surface area (Å²) in [5, 5.41) is 3.73. The summed E-state index contributed by atoms with van der Waals surface area (Å²) in [6, 6.07) is 7.41. The molecule has 21 heavy (non-hydrogen) atoms. The third-order valence-electron chi connectivity index (χ3n) is 3.71. The van der Waals surface area contributed by atoms with Crippen LogP contribution in [-0.4, -0.2) is 30.1 Å². The summed E-state index contributed by atoms with van der Waals surface area (Å²) in [6.07, 6.45) is 2.12. The van der Waals surface area contributed by atoms with Crippen molar-refractivity contribution in [2.45, 2.75) is 32.3 Å². The predicted molar refractivity (Wildman–Crippen MR) is 87.1 cm³/mol. The van der Waals surface area contributed by atoms with Gasteiger partial charge in [-0.05, 0) is 56.9 Å². The van der Waals surface area contributed by atoms with Crippen molar-refractivity contribution in [2.75, 3.05) is 23.9 Å². The quantitative estimate of drug-likeness (QED) is 0.724. The van der Waals surface area contributed by atoms with E-state index in [1.165, 1.54) is 0 Å². The van der Waals surface area contributed by atoms with Crippen LogP contribution in [0.5, 0.6) is 5.75 Å². The molecule has 0 aliphatic heterocycles. The Kier molecular flexibility index (Phi) is 5.65. The molecular weight excluding hydrogens is 334 g/mol. The molecule has 1 N–H and O–H groups in total. The average Bonchev–Trinajstić information content (AvgIpc) is 3.31. The van der Waals surface area contributed by atoms with Crippen molar-refractivity contribution < 1.29 is 14.3 Å². The summed E-state index contributed by atoms with van der Waals surface area (Å²) in [4.78, 5) is 12.5. The van der Waals surface area contributed by atoms with Gasteiger partial charge in [0, 0.05) is 17.6 Å². The smallest absolute Gasteiger partial charge is 0.256 e. The lowest BCUT2D eigenvalue weighted by molar-refractivity contribution is -0.141. The lowest BCUT2D eigenvalue weighted by atomic mass is 9.99. The van der Waals surface area contributed by atoms with Gasteiger partial charge in [0.25, 0.3) is 5.91 Å². The van der Waals surface area contributed by atoms with Gasteiger partial charge in [0.2, 0.25) is 0 Å². The summed E-state index contributed by atoms with van der Waals surface area (Å²) in [5.41, 5.74) is 0.0395. The van der Waals surface area contributed by atoms with Gasteiger partial charge in [0.15, 0.2) is 0 Å². The Morgan fingerprint density at radius 3 is 2.57 bits per heavy atom. The lowest BCUT2D eigenvalue weighted by Crippen LogP contribution is -2.44. The Hall–Kier alpha value is -1.07. The largest absolute Gasteiger partial charge is 0.493 e. The number of rotatable bonds is 8. The van der Waals surface area contributed by atoms with Gasteiger partial charge in [-0.1, -0.05) is 15.9 Å². The summed E-state index contributed by atoms with van der Waals surface area (Å²) >= 11 is 3.31. The maximum absolute atomic E-state index is 12.5. The molecule has 1 amide bonds. The highest BCUT2D eigenvalue weighted by Gasteiger charge is 2.48. The van der Waals surface area contributed by atoms with E-state index in [0.717, 1.165) is 29.6 Å². The molecule has 4 nitrogen and oxygen atoms in total. The molecule has 1 fully saturated rings. The maximum atomic E-state index is 12.5. The Bertz CT molecular complexity index is 473. The summed E-state index contributed by atoms with van der Waals surface area (Å²) < 4.78 is 11.2. The number of amides is 1. The van der Waals surface area contributed by atoms with Crippen LogP contribution in [0.25, 0.3) is 0 Å². The molecule has 1 saturated carbocycles. The minimum Gasteiger partial charge on any atom is -0.493 e. The number of ether oxygens (including phenoxy) is 2. The van der Waals surface area contributed by atoms with Crippen molar-refractivity contribution in [3.63, 3.8) is 0 Å². The van der Waals surface area contributed by atoms with Crippen LogP contribution in [0.1, 0.15) is 26.7 Å². The van der Waals surface area contributed by atoms with E-state index in [0.29, 0.717) is 19.1 Å². The first-order valence-corrected chi connectivity index (χ1v) is 8.46. The maximum Gasteiger partial charge on any atom is 0.256 e. The van der Waals surface area contributed by atoms with Crippen LogP contribution in [0.2, 0.25) is 0 Å². The zero-order valence-corrected chi connectivity index (χ0v) is 14.1. The Labute approximate surface area is 134 Å². The fourth-order valence-electron chi connectivity index (χ4n) is 2.35. The average molecular weight is 356 g/mol. The number of nitrogens with one attached hydrogen (secondary N) is 1. The molecule has 0 bridgehead atoms. The van der Waals surface area contributed by atoms with Crippen molar-refractivity contribution in [3.8, 4) is 5.75 Å². The van der Waals surface area contributed by atoms with Crippen molar-refractivity contribution >= 4 is 27.5 Å². The van der Waals surface area contributed by atoms with E-state index < -0.39 is 5.60 Å². The normalized spacial score (nSPS) is 17.1. The van der Waals surface area contributed by atoms with Crippen LogP contribution >= 0.6 is 15.9 Å². The number of hydrogen-bond acceptors (Lipinski definition) is 3. The third-order valence-corrected chi connectivity index (χ3v) is 4.03. The highest BCUT2D eigenvalue weighted by atomic mass is 79.9. The first kappa shape index (κ1) is 16.3. The van der Waals surface area contributed by atoms with E-state index in [-0.39, 0.29) is 5.91 Å². The molecular formula is C16H22BrNO3. The molecule has 0 spiro atoms. The number of alkyl halides is 1. The monoisotopic (exact) mass is 355 g/mol. The molecule has 0 saturated heterocycles. The van der Waals surface area contributed by atoms with E-state index in [4.69, 9.17) is 9.47 Å². The fraction of sp³-hybridized carbons (Fsp3) is 0.562. The number of carbonyl (C=O) groups excluding carboxylic acids is 1. The molecule has 0 heterocycles. The molecule has 1 aliphatic carbocycles. The molecule has 0 aromatic heterocycles. The first-order chi connectivity index (χ1) is 10.1. The van der Waals surface area contributed by atoms with E-state index in [1.54, 1.807) is 0 Å². The second kappa shape index (κ2) is 7.27. The molecule has 116 valence electrons. The van der Waals surface area contributed by atoms with Crippen molar-refractivity contribution in [1.29, 1.82) is 0 Å². The topological polar surface area (TPSA) is 47.6 Å². The predicted octanol–water partition coefficient (Wildman–Crippen LogP) is 3.60. The molecule has 2 rings (SSSR count). The molecule has 1 aromatic rings. The summed E-state index contributed by atoms with van der Waals surface area (Å²) in [6.45, 7) is 4.97. The molecule has 1 aliphatic rings. The summed E-state index contributed by atoms with van der Waals surface area (Å²) in [7, 11) is 0. The molecule has 1 atom stereocenters. The van der Waals surface area contributed by atoms with E-state index in [1.807, 2.05) is 38.1 Å². The fourth-order valence-corrected chi connectivity index (χ4v) is 2.51. The number of benzene rings is 1. The van der Waals surface area contributed by atoms with Gasteiger partial charge in [-0.3, -0.25) is 4.79 Å². The number of carbonyl (C=O) groups is 1. The van der Waals surface area contributed by atoms with E-state index in [9.17, 15) is 4.79 Å². The van der Waals surface area contributed by atoms with Crippen LogP contribution in [-0.2, 0) is 9.53 Å². The van der Waals surface area contributed by atoms with Gasteiger partial charge in [0.05, 0.1) is 6.61 Å². The van der Waals surface area contributed by atoms with Crippen LogP contribution in [0, 0.1) is 5.92 Å². The van der Waals surface area contributed by atoms with E-state index in [2.05, 4.69) is 21.2 Å². The third kappa shape index (κ3) is 4.20. The number of hydrogen-bond donors (Lipinski definition) is 1. The zero-order valence-electron chi connectivity index (χ0n) is 12.5. The zero-order chi connectivity index (χ0) is 15.3. The standard InChI is InChI=1S/C16H22BrNO3/c1-3-21-16(2,12-4-5-12)15(19)18-13-6-8-14(9-7-13)20-11-10-17/h6-9,12H,3-5,10-11H2,1-2H3,(H,18,19). The highest BCUT2D eigenvalue weighted by molar-refractivity contribution is 9.09. The number of halogens is 1. The van der Waals surface area contributed by atoms with Gasteiger partial charge >= 0.3 is 0 Å². The molecule has 0 radical (unpaired) electrons. The van der Waals surface area contributed by atoms with Crippen molar-refractivity contribution in [3.05, 3.63) is 24.3 Å². The van der Waals surface area contributed by atoms with Crippen LogP contribution in [0.15, 0.2) is 24.3 Å². The molecule has 5 heteroatoms. The Morgan fingerprint density at radius 1 is 1.38 bits per heavy atom. The van der Waals surface area contributed by atoms with Crippen LogP contribution < -0.4 is 10.1 Å². The Balaban J connectivity index is 1.98. The van der Waals surface area contributed by atoms with E-state index >= 15 is 0 Å². The highest BCUT2D eigenvalue weighted by Crippen LogP contribution is 2.42. The summed E-state index contributed by atoms with van der Waals surface area (Å²) in [5.74, 6) is 1.06. The van der Waals surface area contributed by atoms with Gasteiger partial charge in [-0.15, -0.1) is 0 Å². The lowest BCUT2D eigenvalue weighted by Gasteiger charge is -2.28. The van der Waals surface area contributed by atoms with Crippen LogP contribution in [0.3, 0.4) is 0 Å².